The van der Waals surface area contributed by atoms with Crippen LogP contribution >= 0.6 is 0 Å². The molecule has 66 valence electrons. The van der Waals surface area contributed by atoms with Gasteiger partial charge in [0.1, 0.15) is 0 Å². The van der Waals surface area contributed by atoms with Gasteiger partial charge >= 0.3 is 0 Å². The Bertz CT molecular complexity index is 66.9. The molecule has 0 radical (unpaired) electrons. The third kappa shape index (κ3) is 10.5. The molecule has 0 aliphatic rings. The highest BCUT2D eigenvalue weighted by Crippen LogP contribution is 2.08. The van der Waals surface area contributed by atoms with Gasteiger partial charge in [-0.1, -0.05) is 51.1 Å². The largest absolute Gasteiger partial charge is 0.236 e. The van der Waals surface area contributed by atoms with Crippen molar-refractivity contribution in [1.29, 1.82) is 0 Å². The summed E-state index contributed by atoms with van der Waals surface area (Å²) >= 11 is 0.326. The molecule has 11 heavy (non-hydrogen) atoms. The van der Waals surface area contributed by atoms with E-state index < -0.39 is 0 Å². The maximum Gasteiger partial charge on any atom is 0.236 e. The SMILES string of the molecule is CC(C)C[CH2][AlH][CH2]CC(C)C. The van der Waals surface area contributed by atoms with Gasteiger partial charge < -0.3 is 0 Å². The lowest BCUT2D eigenvalue weighted by Gasteiger charge is -2.03. The van der Waals surface area contributed by atoms with Crippen LogP contribution in [-0.2, 0) is 0 Å². The zero-order valence-electron chi connectivity index (χ0n) is 8.69. The first-order valence-electron chi connectivity index (χ1n) is 5.13. The lowest BCUT2D eigenvalue weighted by Crippen LogP contribution is -1.96. The highest BCUT2D eigenvalue weighted by molar-refractivity contribution is 6.35. The van der Waals surface area contributed by atoms with Crippen molar-refractivity contribution >= 4 is 15.2 Å². The Balaban J connectivity index is 2.91. The first-order valence-corrected chi connectivity index (χ1v) is 7.13. The molecule has 0 aromatic rings. The maximum atomic E-state index is 2.33. The van der Waals surface area contributed by atoms with Gasteiger partial charge in [-0.25, -0.2) is 0 Å². The quantitative estimate of drug-likeness (QED) is 0.423. The average Bonchev–Trinajstić information content (AvgIpc) is 1.85. The van der Waals surface area contributed by atoms with Gasteiger partial charge in [0, 0.05) is 0 Å². The summed E-state index contributed by atoms with van der Waals surface area (Å²) in [5, 5.41) is 3.15. The molecule has 0 rings (SSSR count). The molecular weight excluding hydrogens is 147 g/mol. The summed E-state index contributed by atoms with van der Waals surface area (Å²) in [6, 6.07) is 0. The molecule has 0 aromatic heterocycles. The Morgan fingerprint density at radius 3 is 1.45 bits per heavy atom. The van der Waals surface area contributed by atoms with Gasteiger partial charge in [-0.15, -0.1) is 0 Å². The van der Waals surface area contributed by atoms with Crippen molar-refractivity contribution in [2.45, 2.75) is 51.1 Å². The minimum atomic E-state index is 0.326. The van der Waals surface area contributed by atoms with Crippen LogP contribution in [0.3, 0.4) is 0 Å². The lowest BCUT2D eigenvalue weighted by molar-refractivity contribution is 0.611. The topological polar surface area (TPSA) is 0 Å². The van der Waals surface area contributed by atoms with Gasteiger partial charge in [-0.05, 0) is 11.8 Å². The van der Waals surface area contributed by atoms with Gasteiger partial charge in [-0.2, -0.15) is 0 Å². The smallest absolute Gasteiger partial charge is 0.0970 e. The summed E-state index contributed by atoms with van der Waals surface area (Å²) in [5.41, 5.74) is 0. The van der Waals surface area contributed by atoms with Crippen molar-refractivity contribution in [2.75, 3.05) is 0 Å². The second kappa shape index (κ2) is 7.20. The molecule has 0 amide bonds. The molecule has 0 bridgehead atoms. The maximum absolute atomic E-state index is 2.33. The van der Waals surface area contributed by atoms with E-state index in [4.69, 9.17) is 0 Å². The van der Waals surface area contributed by atoms with Crippen molar-refractivity contribution in [2.24, 2.45) is 11.8 Å². The van der Waals surface area contributed by atoms with Gasteiger partial charge in [-0.3, -0.25) is 0 Å². The fraction of sp³-hybridized carbons (Fsp3) is 1.00. The first kappa shape index (κ1) is 11.5. The van der Waals surface area contributed by atoms with Crippen molar-refractivity contribution in [1.82, 2.24) is 0 Å². The van der Waals surface area contributed by atoms with Crippen LogP contribution in [0.5, 0.6) is 0 Å². The molecule has 0 aliphatic heterocycles. The second-order valence-corrected chi connectivity index (χ2v) is 6.55. The average molecular weight is 170 g/mol. The molecule has 0 aliphatic carbocycles. The van der Waals surface area contributed by atoms with Gasteiger partial charge in [0.05, 0.1) is 0 Å². The molecule has 0 saturated carbocycles. The summed E-state index contributed by atoms with van der Waals surface area (Å²) in [5.74, 6) is 1.86. The molecule has 0 aromatic carbocycles. The van der Waals surface area contributed by atoms with Crippen molar-refractivity contribution in [3.8, 4) is 0 Å². The van der Waals surface area contributed by atoms with Crippen molar-refractivity contribution in [3.05, 3.63) is 0 Å². The van der Waals surface area contributed by atoms with E-state index in [1.807, 2.05) is 0 Å². The molecule has 1 heteroatoms. The highest BCUT2D eigenvalue weighted by Gasteiger charge is 1.98. The summed E-state index contributed by atoms with van der Waals surface area (Å²) in [4.78, 5) is 0. The minimum Gasteiger partial charge on any atom is -0.0970 e. The Morgan fingerprint density at radius 2 is 1.18 bits per heavy atom. The minimum absolute atomic E-state index is 0.326. The van der Waals surface area contributed by atoms with Crippen LogP contribution in [0.2, 0.25) is 10.6 Å². The molecular formula is C10H23Al. The fourth-order valence-corrected chi connectivity index (χ4v) is 3.85. The van der Waals surface area contributed by atoms with Crippen LogP contribution in [0.4, 0.5) is 0 Å². The predicted molar refractivity (Wildman–Crippen MR) is 55.7 cm³/mol. The molecule has 0 spiro atoms. The predicted octanol–water partition coefficient (Wildman–Crippen LogP) is 3.35. The second-order valence-electron chi connectivity index (χ2n) is 4.43. The van der Waals surface area contributed by atoms with E-state index >= 15 is 0 Å². The molecule has 0 unspecified atom stereocenters. The van der Waals surface area contributed by atoms with Crippen LogP contribution < -0.4 is 0 Å². The van der Waals surface area contributed by atoms with Crippen molar-refractivity contribution in [3.63, 3.8) is 0 Å². The molecule has 0 saturated heterocycles. The van der Waals surface area contributed by atoms with E-state index in [-0.39, 0.29) is 0 Å². The molecule has 0 fully saturated rings. The first-order chi connectivity index (χ1) is 5.13. The summed E-state index contributed by atoms with van der Waals surface area (Å²) in [6.45, 7) is 9.32. The summed E-state index contributed by atoms with van der Waals surface area (Å²) in [7, 11) is 0. The number of rotatable bonds is 6. The van der Waals surface area contributed by atoms with Crippen LogP contribution in [0, 0.1) is 11.8 Å². The highest BCUT2D eigenvalue weighted by atomic mass is 27.1. The third-order valence-corrected chi connectivity index (χ3v) is 3.88. The lowest BCUT2D eigenvalue weighted by atomic mass is 10.2. The van der Waals surface area contributed by atoms with Crippen LogP contribution in [0.25, 0.3) is 0 Å². The summed E-state index contributed by atoms with van der Waals surface area (Å²) in [6.07, 6.45) is 2.95. The standard InChI is InChI=1S/2C5H11.Al.H/c2*1-4-5(2)3;;/h2*5H,1,4H2,2-3H3;;. The van der Waals surface area contributed by atoms with E-state index in [0.717, 1.165) is 11.8 Å². The van der Waals surface area contributed by atoms with Crippen molar-refractivity contribution < 1.29 is 0 Å². The molecule has 0 heterocycles. The Labute approximate surface area is 78.5 Å². The Morgan fingerprint density at radius 1 is 0.818 bits per heavy atom. The van der Waals surface area contributed by atoms with Gasteiger partial charge in [0.25, 0.3) is 0 Å². The van der Waals surface area contributed by atoms with Crippen LogP contribution in [-0.4, -0.2) is 15.2 Å². The number of hydrogen-bond donors (Lipinski definition) is 0. The Kier molecular flexibility index (Phi) is 7.54. The molecule has 0 nitrogen and oxygen atoms in total. The van der Waals surface area contributed by atoms with E-state index in [2.05, 4.69) is 27.7 Å². The molecule has 0 atom stereocenters. The van der Waals surface area contributed by atoms with Gasteiger partial charge in [0.15, 0.2) is 0 Å². The Hall–Kier alpha value is 0.532. The van der Waals surface area contributed by atoms with E-state index in [1.165, 1.54) is 12.8 Å². The number of hydrogen-bond acceptors (Lipinski definition) is 0. The normalized spacial score (nSPS) is 11.1. The zero-order chi connectivity index (χ0) is 8.69. The van der Waals surface area contributed by atoms with Crippen LogP contribution in [0.15, 0.2) is 0 Å². The van der Waals surface area contributed by atoms with E-state index in [1.54, 1.807) is 10.6 Å². The molecule has 0 N–H and O–H groups in total. The zero-order valence-corrected chi connectivity index (χ0v) is 10.1. The van der Waals surface area contributed by atoms with Crippen LogP contribution in [0.1, 0.15) is 40.5 Å². The van der Waals surface area contributed by atoms with Gasteiger partial charge in [0.2, 0.25) is 15.2 Å². The third-order valence-electron chi connectivity index (χ3n) is 2.06. The summed E-state index contributed by atoms with van der Waals surface area (Å²) < 4.78 is 0. The monoisotopic (exact) mass is 170 g/mol. The van der Waals surface area contributed by atoms with E-state index in [9.17, 15) is 0 Å². The van der Waals surface area contributed by atoms with E-state index in [0.29, 0.717) is 15.2 Å². The fourth-order valence-electron chi connectivity index (χ4n) is 1.28.